The van der Waals surface area contributed by atoms with E-state index in [9.17, 15) is 9.59 Å². The average molecular weight is 337 g/mol. The van der Waals surface area contributed by atoms with Crippen LogP contribution in [0.3, 0.4) is 0 Å². The van der Waals surface area contributed by atoms with Crippen LogP contribution >= 0.6 is 11.6 Å². The molecule has 2 amide bonds. The van der Waals surface area contributed by atoms with Crippen LogP contribution in [-0.4, -0.2) is 23.3 Å². The summed E-state index contributed by atoms with van der Waals surface area (Å²) in [6.45, 7) is 6.70. The number of halogens is 1. The summed E-state index contributed by atoms with van der Waals surface area (Å²) >= 11 is 5.97. The van der Waals surface area contributed by atoms with Crippen molar-refractivity contribution in [3.05, 3.63) is 34.9 Å². The number of hydrogen-bond acceptors (Lipinski definition) is 2. The Labute approximate surface area is 143 Å². The number of carbonyl (C=O) groups excluding carboxylic acids is 2. The van der Waals surface area contributed by atoms with Gasteiger partial charge >= 0.3 is 0 Å². The zero-order chi connectivity index (χ0) is 17.2. The van der Waals surface area contributed by atoms with Crippen LogP contribution in [0.4, 0.5) is 0 Å². The molecule has 0 spiro atoms. The van der Waals surface area contributed by atoms with Gasteiger partial charge in [0.1, 0.15) is 0 Å². The van der Waals surface area contributed by atoms with Gasteiger partial charge in [-0.1, -0.05) is 44.5 Å². The summed E-state index contributed by atoms with van der Waals surface area (Å²) < 4.78 is 0. The average Bonchev–Trinajstić information content (AvgIpc) is 2.44. The topological polar surface area (TPSA) is 63.4 Å². The summed E-state index contributed by atoms with van der Waals surface area (Å²) in [4.78, 5) is 26.4. The molecule has 1 heterocycles. The molecule has 2 N–H and O–H groups in total. The van der Waals surface area contributed by atoms with Gasteiger partial charge in [-0.3, -0.25) is 9.59 Å². The zero-order valence-corrected chi connectivity index (χ0v) is 14.8. The lowest BCUT2D eigenvalue weighted by Gasteiger charge is -2.45. The Morgan fingerprint density at radius 1 is 1.39 bits per heavy atom. The van der Waals surface area contributed by atoms with Crippen LogP contribution in [0.2, 0.25) is 5.02 Å². The number of nitrogens with two attached hydrogens (primary N) is 1. The Hall–Kier alpha value is -1.55. The summed E-state index contributed by atoms with van der Waals surface area (Å²) in [7, 11) is 0. The molecule has 0 saturated carbocycles. The molecule has 5 heteroatoms. The van der Waals surface area contributed by atoms with Crippen LogP contribution in [0.15, 0.2) is 24.3 Å². The van der Waals surface area contributed by atoms with Gasteiger partial charge in [-0.05, 0) is 36.5 Å². The quantitative estimate of drug-likeness (QED) is 0.893. The first-order valence-electron chi connectivity index (χ1n) is 8.08. The van der Waals surface area contributed by atoms with Crippen molar-refractivity contribution in [2.75, 3.05) is 6.54 Å². The summed E-state index contributed by atoms with van der Waals surface area (Å²) in [6, 6.07) is 7.69. The number of amides is 2. The molecule has 0 aliphatic carbocycles. The van der Waals surface area contributed by atoms with Crippen molar-refractivity contribution >= 4 is 23.4 Å². The van der Waals surface area contributed by atoms with Crippen molar-refractivity contribution in [2.45, 2.75) is 46.1 Å². The third-order valence-corrected chi connectivity index (χ3v) is 4.76. The lowest BCUT2D eigenvalue weighted by Crippen LogP contribution is -2.51. The van der Waals surface area contributed by atoms with Crippen LogP contribution in [-0.2, 0) is 9.59 Å². The van der Waals surface area contributed by atoms with Crippen molar-refractivity contribution in [2.24, 2.45) is 17.1 Å². The van der Waals surface area contributed by atoms with E-state index in [1.54, 1.807) is 0 Å². The van der Waals surface area contributed by atoms with Crippen molar-refractivity contribution in [1.82, 2.24) is 4.90 Å². The minimum atomic E-state index is -0.691. The van der Waals surface area contributed by atoms with Crippen LogP contribution in [0.25, 0.3) is 0 Å². The molecule has 2 rings (SSSR count). The molecule has 23 heavy (non-hydrogen) atoms. The van der Waals surface area contributed by atoms with Crippen molar-refractivity contribution in [1.29, 1.82) is 0 Å². The van der Waals surface area contributed by atoms with E-state index in [1.165, 1.54) is 0 Å². The first-order chi connectivity index (χ1) is 10.7. The van der Waals surface area contributed by atoms with E-state index < -0.39 is 11.3 Å². The van der Waals surface area contributed by atoms with E-state index in [2.05, 4.69) is 13.8 Å². The second kappa shape index (κ2) is 6.91. The fourth-order valence-corrected chi connectivity index (χ4v) is 3.52. The van der Waals surface area contributed by atoms with E-state index in [-0.39, 0.29) is 18.4 Å². The number of hydrogen-bond donors (Lipinski definition) is 1. The first-order valence-corrected chi connectivity index (χ1v) is 8.45. The van der Waals surface area contributed by atoms with Gasteiger partial charge in [0.15, 0.2) is 0 Å². The maximum atomic E-state index is 13.1. The lowest BCUT2D eigenvalue weighted by atomic mass is 9.74. The molecule has 1 fully saturated rings. The molecule has 0 bridgehead atoms. The third kappa shape index (κ3) is 4.05. The number of benzene rings is 1. The molecule has 1 aromatic carbocycles. The maximum absolute atomic E-state index is 13.1. The maximum Gasteiger partial charge on any atom is 0.229 e. The van der Waals surface area contributed by atoms with E-state index in [0.717, 1.165) is 12.0 Å². The highest BCUT2D eigenvalue weighted by atomic mass is 35.5. The summed E-state index contributed by atoms with van der Waals surface area (Å²) in [5, 5.41) is 0.685. The van der Waals surface area contributed by atoms with Gasteiger partial charge in [-0.15, -0.1) is 0 Å². The van der Waals surface area contributed by atoms with Gasteiger partial charge in [0.25, 0.3) is 0 Å². The van der Waals surface area contributed by atoms with Crippen LogP contribution < -0.4 is 5.73 Å². The minimum absolute atomic E-state index is 0.0243. The number of rotatable bonds is 5. The lowest BCUT2D eigenvalue weighted by molar-refractivity contribution is -0.152. The number of likely N-dealkylation sites (tertiary alicyclic amines) is 1. The first kappa shape index (κ1) is 17.8. The largest absolute Gasteiger partial charge is 0.370 e. The second-order valence-electron chi connectivity index (χ2n) is 7.16. The highest BCUT2D eigenvalue weighted by Crippen LogP contribution is 2.43. The molecule has 1 aliphatic heterocycles. The van der Waals surface area contributed by atoms with Gasteiger partial charge in [0, 0.05) is 18.0 Å². The Balaban J connectivity index is 2.32. The molecule has 2 atom stereocenters. The molecule has 0 radical (unpaired) electrons. The highest BCUT2D eigenvalue weighted by molar-refractivity contribution is 6.30. The summed E-state index contributed by atoms with van der Waals surface area (Å²) in [5.41, 5.74) is 5.75. The molecule has 1 unspecified atom stereocenters. The van der Waals surface area contributed by atoms with Gasteiger partial charge in [-0.25, -0.2) is 0 Å². The number of nitrogens with zero attached hydrogens (tertiary/aromatic N) is 1. The number of primary amides is 1. The van der Waals surface area contributed by atoms with Gasteiger partial charge < -0.3 is 10.6 Å². The smallest absolute Gasteiger partial charge is 0.229 e. The van der Waals surface area contributed by atoms with E-state index in [0.29, 0.717) is 23.9 Å². The third-order valence-electron chi connectivity index (χ3n) is 4.50. The minimum Gasteiger partial charge on any atom is -0.370 e. The molecule has 4 nitrogen and oxygen atoms in total. The van der Waals surface area contributed by atoms with Gasteiger partial charge in [-0.2, -0.15) is 0 Å². The summed E-state index contributed by atoms with van der Waals surface area (Å²) in [6.07, 6.45) is 1.59. The normalized spacial score (nSPS) is 25.0. The molecule has 1 saturated heterocycles. The SMILES string of the molecule is CC(C)CN1C(=O)[C@@](C)(CC(N)=O)CCC1c1ccc(Cl)cc1. The van der Waals surface area contributed by atoms with E-state index in [1.807, 2.05) is 36.1 Å². The van der Waals surface area contributed by atoms with Crippen molar-refractivity contribution < 1.29 is 9.59 Å². The zero-order valence-electron chi connectivity index (χ0n) is 14.0. The second-order valence-corrected chi connectivity index (χ2v) is 7.60. The predicted octanol–water partition coefficient (Wildman–Crippen LogP) is 3.54. The van der Waals surface area contributed by atoms with E-state index in [4.69, 9.17) is 17.3 Å². The van der Waals surface area contributed by atoms with Crippen LogP contribution in [0, 0.1) is 11.3 Å². The van der Waals surface area contributed by atoms with Gasteiger partial charge in [0.2, 0.25) is 11.8 Å². The Morgan fingerprint density at radius 2 is 2.00 bits per heavy atom. The fraction of sp³-hybridized carbons (Fsp3) is 0.556. The van der Waals surface area contributed by atoms with Gasteiger partial charge in [0.05, 0.1) is 11.5 Å². The van der Waals surface area contributed by atoms with Crippen molar-refractivity contribution in [3.8, 4) is 0 Å². The molecule has 1 aromatic rings. The molecular formula is C18H25ClN2O2. The van der Waals surface area contributed by atoms with E-state index >= 15 is 0 Å². The standard InChI is InChI=1S/C18H25ClN2O2/c1-12(2)11-21-15(13-4-6-14(19)7-5-13)8-9-18(3,17(21)23)10-16(20)22/h4-7,12,15H,8-11H2,1-3H3,(H2,20,22)/t15?,18-/m1/s1. The van der Waals surface area contributed by atoms with Crippen LogP contribution in [0.5, 0.6) is 0 Å². The van der Waals surface area contributed by atoms with Crippen LogP contribution in [0.1, 0.15) is 51.6 Å². The predicted molar refractivity (Wildman–Crippen MR) is 91.9 cm³/mol. The molecule has 0 aromatic heterocycles. The Bertz CT molecular complexity index is 585. The molecule has 126 valence electrons. The highest BCUT2D eigenvalue weighted by Gasteiger charge is 2.45. The Kier molecular flexibility index (Phi) is 5.35. The Morgan fingerprint density at radius 3 is 2.52 bits per heavy atom. The molecule has 1 aliphatic rings. The fourth-order valence-electron chi connectivity index (χ4n) is 3.39. The number of carbonyl (C=O) groups is 2. The molecular weight excluding hydrogens is 312 g/mol. The van der Waals surface area contributed by atoms with Crippen molar-refractivity contribution in [3.63, 3.8) is 0 Å². The number of piperidine rings is 1. The monoisotopic (exact) mass is 336 g/mol. The summed E-state index contributed by atoms with van der Waals surface area (Å²) in [5.74, 6) is -0.0452.